The molecule has 6 nitrogen and oxygen atoms in total. The van der Waals surface area contributed by atoms with Gasteiger partial charge in [0, 0.05) is 29.7 Å². The summed E-state index contributed by atoms with van der Waals surface area (Å²) < 4.78 is 0. The highest BCUT2D eigenvalue weighted by Crippen LogP contribution is 2.30. The Bertz CT molecular complexity index is 794. The van der Waals surface area contributed by atoms with Gasteiger partial charge in [0.25, 0.3) is 5.69 Å². The summed E-state index contributed by atoms with van der Waals surface area (Å²) in [6.07, 6.45) is 3.20. The zero-order valence-corrected chi connectivity index (χ0v) is 10.9. The van der Waals surface area contributed by atoms with Crippen molar-refractivity contribution < 1.29 is 10.0 Å². The number of H-pyrrole nitrogens is 1. The maximum atomic E-state index is 11.0. The van der Waals surface area contributed by atoms with Crippen molar-refractivity contribution in [2.24, 2.45) is 0 Å². The molecule has 0 amide bonds. The fourth-order valence-corrected chi connectivity index (χ4v) is 2.11. The van der Waals surface area contributed by atoms with Crippen molar-refractivity contribution in [3.8, 4) is 28.3 Å². The molecule has 3 aromatic rings. The van der Waals surface area contributed by atoms with Gasteiger partial charge in [0.2, 0.25) is 0 Å². The van der Waals surface area contributed by atoms with Crippen LogP contribution in [0.15, 0.2) is 54.9 Å². The number of aromatic amines is 1. The molecule has 0 unspecified atom stereocenters. The second-order valence-corrected chi connectivity index (χ2v) is 4.48. The number of pyridine rings is 1. The van der Waals surface area contributed by atoms with E-state index in [1.165, 1.54) is 18.3 Å². The van der Waals surface area contributed by atoms with Crippen molar-refractivity contribution in [2.75, 3.05) is 0 Å². The van der Waals surface area contributed by atoms with Crippen LogP contribution in [0.3, 0.4) is 0 Å². The molecular formula is C15H11N3O3. The van der Waals surface area contributed by atoms with Crippen LogP contribution in [0.1, 0.15) is 0 Å². The Morgan fingerprint density at radius 1 is 1.14 bits per heavy atom. The molecule has 0 radical (unpaired) electrons. The Hall–Kier alpha value is -3.15. The summed E-state index contributed by atoms with van der Waals surface area (Å²) in [4.78, 5) is 17.7. The van der Waals surface area contributed by atoms with Gasteiger partial charge in [-0.25, -0.2) is 4.98 Å². The van der Waals surface area contributed by atoms with Gasteiger partial charge < -0.3 is 10.1 Å². The third-order valence-electron chi connectivity index (χ3n) is 3.12. The van der Waals surface area contributed by atoms with Crippen LogP contribution in [0.5, 0.6) is 5.75 Å². The summed E-state index contributed by atoms with van der Waals surface area (Å²) in [5.41, 5.74) is 2.60. The van der Waals surface area contributed by atoms with Gasteiger partial charge in [0.05, 0.1) is 4.92 Å². The molecule has 3 rings (SSSR count). The van der Waals surface area contributed by atoms with Crippen molar-refractivity contribution in [3.05, 3.63) is 65.0 Å². The van der Waals surface area contributed by atoms with Gasteiger partial charge in [-0.1, -0.05) is 0 Å². The number of nitrogens with zero attached hydrogens (tertiary/aromatic N) is 2. The van der Waals surface area contributed by atoms with Gasteiger partial charge in [-0.3, -0.25) is 10.1 Å². The zero-order chi connectivity index (χ0) is 14.8. The molecule has 6 heteroatoms. The van der Waals surface area contributed by atoms with E-state index < -0.39 is 4.92 Å². The molecule has 0 bridgehead atoms. The van der Waals surface area contributed by atoms with Crippen LogP contribution < -0.4 is 0 Å². The van der Waals surface area contributed by atoms with E-state index >= 15 is 0 Å². The number of aromatic hydroxyl groups is 1. The van der Waals surface area contributed by atoms with Crippen LogP contribution in [0.25, 0.3) is 22.5 Å². The third-order valence-corrected chi connectivity index (χ3v) is 3.12. The number of phenols is 1. The summed E-state index contributed by atoms with van der Waals surface area (Å²) >= 11 is 0. The largest absolute Gasteiger partial charge is 0.508 e. The van der Waals surface area contributed by atoms with Crippen LogP contribution in [-0.4, -0.2) is 20.0 Å². The zero-order valence-electron chi connectivity index (χ0n) is 10.9. The molecule has 0 aliphatic rings. The Kier molecular flexibility index (Phi) is 3.12. The van der Waals surface area contributed by atoms with Crippen LogP contribution in [0.2, 0.25) is 0 Å². The smallest absolute Gasteiger partial charge is 0.295 e. The van der Waals surface area contributed by atoms with E-state index in [-0.39, 0.29) is 11.4 Å². The summed E-state index contributed by atoms with van der Waals surface area (Å²) in [7, 11) is 0. The molecule has 2 heterocycles. The topological polar surface area (TPSA) is 92.0 Å². The van der Waals surface area contributed by atoms with Gasteiger partial charge in [0.1, 0.15) is 11.4 Å². The number of aromatic nitrogens is 2. The molecular weight excluding hydrogens is 270 g/mol. The first-order chi connectivity index (χ1) is 10.1. The summed E-state index contributed by atoms with van der Waals surface area (Å²) in [5, 5.41) is 20.3. The predicted molar refractivity (Wildman–Crippen MR) is 77.8 cm³/mol. The quantitative estimate of drug-likeness (QED) is 0.568. The maximum absolute atomic E-state index is 11.0. The first-order valence-electron chi connectivity index (χ1n) is 6.23. The van der Waals surface area contributed by atoms with Gasteiger partial charge in [-0.15, -0.1) is 0 Å². The average molecular weight is 281 g/mol. The van der Waals surface area contributed by atoms with E-state index in [2.05, 4.69) is 9.97 Å². The Morgan fingerprint density at radius 2 is 1.90 bits per heavy atom. The predicted octanol–water partition coefficient (Wildman–Crippen LogP) is 3.36. The highest BCUT2D eigenvalue weighted by molar-refractivity contribution is 5.74. The van der Waals surface area contributed by atoms with Gasteiger partial charge in [-0.05, 0) is 42.0 Å². The highest BCUT2D eigenvalue weighted by Gasteiger charge is 2.17. The lowest BCUT2D eigenvalue weighted by atomic mass is 10.1. The molecule has 2 N–H and O–H groups in total. The normalized spacial score (nSPS) is 10.5. The third kappa shape index (κ3) is 2.46. The van der Waals surface area contributed by atoms with Gasteiger partial charge in [0.15, 0.2) is 0 Å². The lowest BCUT2D eigenvalue weighted by Gasteiger charge is -1.99. The minimum atomic E-state index is -0.449. The minimum Gasteiger partial charge on any atom is -0.508 e. The summed E-state index contributed by atoms with van der Waals surface area (Å²) in [5.74, 6) is 0.186. The minimum absolute atomic E-state index is 0.0336. The monoisotopic (exact) mass is 281 g/mol. The van der Waals surface area contributed by atoms with E-state index in [1.807, 2.05) is 0 Å². The number of nitrogens with one attached hydrogen (secondary N) is 1. The molecule has 0 aliphatic carbocycles. The highest BCUT2D eigenvalue weighted by atomic mass is 16.6. The molecule has 104 valence electrons. The Balaban J connectivity index is 2.03. The molecule has 2 aromatic heterocycles. The van der Waals surface area contributed by atoms with Crippen molar-refractivity contribution >= 4 is 5.69 Å². The maximum Gasteiger partial charge on any atom is 0.295 e. The average Bonchev–Trinajstić information content (AvgIpc) is 2.97. The number of nitro groups is 1. The number of phenolic OH excluding ortho intramolecular Hbond substituents is 1. The first-order valence-corrected chi connectivity index (χ1v) is 6.23. The van der Waals surface area contributed by atoms with E-state index in [4.69, 9.17) is 0 Å². The molecule has 0 aliphatic heterocycles. The van der Waals surface area contributed by atoms with Crippen molar-refractivity contribution in [1.82, 2.24) is 9.97 Å². The molecule has 21 heavy (non-hydrogen) atoms. The van der Waals surface area contributed by atoms with E-state index in [1.54, 1.807) is 36.5 Å². The Morgan fingerprint density at radius 3 is 2.62 bits per heavy atom. The summed E-state index contributed by atoms with van der Waals surface area (Å²) in [6.45, 7) is 0. The molecule has 0 saturated heterocycles. The van der Waals surface area contributed by atoms with Crippen LogP contribution in [0.4, 0.5) is 5.69 Å². The second-order valence-electron chi connectivity index (χ2n) is 4.48. The number of benzene rings is 1. The number of hydrogen-bond acceptors (Lipinski definition) is 4. The van der Waals surface area contributed by atoms with Crippen molar-refractivity contribution in [2.45, 2.75) is 0 Å². The van der Waals surface area contributed by atoms with E-state index in [9.17, 15) is 15.2 Å². The second kappa shape index (κ2) is 5.09. The van der Waals surface area contributed by atoms with Crippen LogP contribution in [-0.2, 0) is 0 Å². The van der Waals surface area contributed by atoms with Gasteiger partial charge >= 0.3 is 0 Å². The number of rotatable bonds is 3. The fraction of sp³-hybridized carbons (Fsp3) is 0. The number of hydrogen-bond donors (Lipinski definition) is 2. The molecule has 1 aromatic carbocycles. The lowest BCUT2D eigenvalue weighted by Crippen LogP contribution is -1.93. The van der Waals surface area contributed by atoms with E-state index in [0.29, 0.717) is 11.3 Å². The van der Waals surface area contributed by atoms with Crippen LogP contribution >= 0.6 is 0 Å². The lowest BCUT2D eigenvalue weighted by molar-refractivity contribution is -0.384. The van der Waals surface area contributed by atoms with Gasteiger partial charge in [-0.2, -0.15) is 0 Å². The Labute approximate surface area is 119 Å². The molecule has 0 fully saturated rings. The van der Waals surface area contributed by atoms with Crippen LogP contribution in [0, 0.1) is 10.1 Å². The standard InChI is InChI=1S/C15H11N3O3/c19-12-5-3-10(4-6-12)13-8-11(9-17-13)15-14(18(20)21)2-1-7-16-15/h1-9,17,19H. The van der Waals surface area contributed by atoms with E-state index in [0.717, 1.165) is 11.3 Å². The first kappa shape index (κ1) is 12.9. The molecule has 0 atom stereocenters. The molecule has 0 spiro atoms. The van der Waals surface area contributed by atoms with Crippen molar-refractivity contribution in [1.29, 1.82) is 0 Å². The molecule has 0 saturated carbocycles. The van der Waals surface area contributed by atoms with Crippen molar-refractivity contribution in [3.63, 3.8) is 0 Å². The SMILES string of the molecule is O=[N+]([O-])c1cccnc1-c1c[nH]c(-c2ccc(O)cc2)c1. The fourth-order valence-electron chi connectivity index (χ4n) is 2.11. The summed E-state index contributed by atoms with van der Waals surface area (Å²) in [6, 6.07) is 11.4.